The van der Waals surface area contributed by atoms with Gasteiger partial charge in [0.15, 0.2) is 0 Å². The normalized spacial score (nSPS) is 19.2. The lowest BCUT2D eigenvalue weighted by molar-refractivity contribution is -0.117. The molecule has 1 amide bonds. The number of nitriles is 1. The lowest BCUT2D eigenvalue weighted by Gasteiger charge is -2.10. The van der Waals surface area contributed by atoms with Crippen LogP contribution in [0.3, 0.4) is 0 Å². The third kappa shape index (κ3) is 3.66. The molecule has 2 rings (SSSR count). The Labute approximate surface area is 116 Å². The average Bonchev–Trinajstić information content (AvgIpc) is 3.05. The number of carbonyl (C=O) groups excluding carboxylic acids is 1. The van der Waals surface area contributed by atoms with Crippen LogP contribution in [0.25, 0.3) is 6.08 Å². The molecule has 1 atom stereocenters. The molecule has 4 nitrogen and oxygen atoms in total. The average molecular weight is 276 g/mol. The number of ether oxygens (including phenoxy) is 1. The third-order valence-corrected chi connectivity index (χ3v) is 4.02. The highest BCUT2D eigenvalue weighted by Crippen LogP contribution is 2.19. The van der Waals surface area contributed by atoms with Crippen LogP contribution < -0.4 is 5.32 Å². The molecule has 0 saturated carbocycles. The molecule has 1 aliphatic rings. The number of rotatable bonds is 4. The molecule has 1 saturated heterocycles. The second kappa shape index (κ2) is 6.50. The van der Waals surface area contributed by atoms with Crippen LogP contribution in [0.1, 0.15) is 23.3 Å². The van der Waals surface area contributed by atoms with Gasteiger partial charge in [-0.2, -0.15) is 5.26 Å². The van der Waals surface area contributed by atoms with Gasteiger partial charge in [0.2, 0.25) is 0 Å². The molecule has 0 bridgehead atoms. The summed E-state index contributed by atoms with van der Waals surface area (Å²) in [5, 5.41) is 13.8. The Hall–Kier alpha value is -1.64. The molecule has 100 valence electrons. The molecule has 19 heavy (non-hydrogen) atoms. The van der Waals surface area contributed by atoms with Crippen LogP contribution in [0.2, 0.25) is 0 Å². The van der Waals surface area contributed by atoms with E-state index in [2.05, 4.69) is 5.32 Å². The highest BCUT2D eigenvalue weighted by Gasteiger charge is 2.17. The molecule has 2 heterocycles. The van der Waals surface area contributed by atoms with E-state index in [1.165, 1.54) is 11.3 Å². The topological polar surface area (TPSA) is 62.1 Å². The van der Waals surface area contributed by atoms with Crippen molar-refractivity contribution in [2.45, 2.75) is 25.9 Å². The summed E-state index contributed by atoms with van der Waals surface area (Å²) >= 11 is 1.52. The second-order valence-corrected chi connectivity index (χ2v) is 5.43. The molecule has 0 unspecified atom stereocenters. The summed E-state index contributed by atoms with van der Waals surface area (Å²) in [5.41, 5.74) is 1.22. The first-order chi connectivity index (χ1) is 9.20. The van der Waals surface area contributed by atoms with E-state index in [4.69, 9.17) is 10.00 Å². The molecule has 0 radical (unpaired) electrons. The van der Waals surface area contributed by atoms with Crippen molar-refractivity contribution in [3.05, 3.63) is 27.5 Å². The summed E-state index contributed by atoms with van der Waals surface area (Å²) in [4.78, 5) is 12.9. The minimum atomic E-state index is -0.328. The molecular weight excluding hydrogens is 260 g/mol. The van der Waals surface area contributed by atoms with Gasteiger partial charge < -0.3 is 10.1 Å². The highest BCUT2D eigenvalue weighted by molar-refractivity contribution is 7.11. The van der Waals surface area contributed by atoms with Crippen LogP contribution in [0.4, 0.5) is 0 Å². The monoisotopic (exact) mass is 276 g/mol. The van der Waals surface area contributed by atoms with E-state index in [9.17, 15) is 4.79 Å². The summed E-state index contributed by atoms with van der Waals surface area (Å²) in [6.07, 6.45) is 3.74. The van der Waals surface area contributed by atoms with Crippen molar-refractivity contribution in [2.24, 2.45) is 0 Å². The molecule has 1 aromatic rings. The number of carbonyl (C=O) groups is 1. The first-order valence-electron chi connectivity index (χ1n) is 6.26. The fourth-order valence-corrected chi connectivity index (χ4v) is 2.78. The highest BCUT2D eigenvalue weighted by atomic mass is 32.1. The number of hydrogen-bond donors (Lipinski definition) is 1. The van der Waals surface area contributed by atoms with Gasteiger partial charge in [0, 0.05) is 18.0 Å². The smallest absolute Gasteiger partial charge is 0.262 e. The van der Waals surface area contributed by atoms with Gasteiger partial charge >= 0.3 is 0 Å². The lowest BCUT2D eigenvalue weighted by atomic mass is 10.2. The number of nitrogens with zero attached hydrogens (tertiary/aromatic N) is 1. The Balaban J connectivity index is 1.97. The summed E-state index contributed by atoms with van der Waals surface area (Å²) < 4.78 is 5.43. The van der Waals surface area contributed by atoms with Crippen LogP contribution in [0.5, 0.6) is 0 Å². The molecule has 5 heteroatoms. The first kappa shape index (κ1) is 13.8. The largest absolute Gasteiger partial charge is 0.376 e. The predicted molar refractivity (Wildman–Crippen MR) is 74.6 cm³/mol. The number of amides is 1. The van der Waals surface area contributed by atoms with Crippen molar-refractivity contribution in [1.82, 2.24) is 5.32 Å². The molecular formula is C14H16N2O2S. The predicted octanol–water partition coefficient (Wildman–Crippen LogP) is 2.26. The van der Waals surface area contributed by atoms with Gasteiger partial charge in [0.25, 0.3) is 5.91 Å². The maximum atomic E-state index is 11.9. The zero-order valence-electron chi connectivity index (χ0n) is 10.8. The Kier molecular flexibility index (Phi) is 4.72. The van der Waals surface area contributed by atoms with E-state index in [-0.39, 0.29) is 17.6 Å². The van der Waals surface area contributed by atoms with Gasteiger partial charge in [0.05, 0.1) is 6.10 Å². The van der Waals surface area contributed by atoms with Crippen molar-refractivity contribution >= 4 is 23.3 Å². The second-order valence-electron chi connectivity index (χ2n) is 4.48. The zero-order chi connectivity index (χ0) is 13.7. The van der Waals surface area contributed by atoms with Crippen molar-refractivity contribution in [3.63, 3.8) is 0 Å². The van der Waals surface area contributed by atoms with Crippen LogP contribution in [-0.2, 0) is 9.53 Å². The van der Waals surface area contributed by atoms with Crippen LogP contribution in [-0.4, -0.2) is 25.2 Å². The van der Waals surface area contributed by atoms with E-state index < -0.39 is 0 Å². The summed E-state index contributed by atoms with van der Waals surface area (Å²) in [6.45, 7) is 3.19. The molecule has 1 N–H and O–H groups in total. The Morgan fingerprint density at radius 3 is 3.16 bits per heavy atom. The SMILES string of the molecule is Cc1ccsc1/C=C(/C#N)C(=O)NC[C@@H]1CCCO1. The molecule has 1 aliphatic heterocycles. The van der Waals surface area contributed by atoms with Gasteiger partial charge in [-0.25, -0.2) is 0 Å². The van der Waals surface area contributed by atoms with Crippen molar-refractivity contribution in [3.8, 4) is 6.07 Å². The minimum absolute atomic E-state index is 0.0902. The van der Waals surface area contributed by atoms with Crippen molar-refractivity contribution in [1.29, 1.82) is 5.26 Å². The maximum Gasteiger partial charge on any atom is 0.262 e. The lowest BCUT2D eigenvalue weighted by Crippen LogP contribution is -2.32. The Morgan fingerprint density at radius 1 is 1.74 bits per heavy atom. The van der Waals surface area contributed by atoms with Crippen molar-refractivity contribution in [2.75, 3.05) is 13.2 Å². The summed E-state index contributed by atoms with van der Waals surface area (Å²) in [7, 11) is 0. The van der Waals surface area contributed by atoms with Crippen LogP contribution in [0, 0.1) is 18.3 Å². The van der Waals surface area contributed by atoms with E-state index >= 15 is 0 Å². The quantitative estimate of drug-likeness (QED) is 0.677. The van der Waals surface area contributed by atoms with Gasteiger partial charge in [-0.3, -0.25) is 4.79 Å². The number of thiophene rings is 1. The number of hydrogen-bond acceptors (Lipinski definition) is 4. The van der Waals surface area contributed by atoms with Gasteiger partial charge in [0.1, 0.15) is 11.6 Å². The Bertz CT molecular complexity index is 522. The molecule has 0 spiro atoms. The Morgan fingerprint density at radius 2 is 2.58 bits per heavy atom. The van der Waals surface area contributed by atoms with Gasteiger partial charge in [-0.1, -0.05) is 0 Å². The maximum absolute atomic E-state index is 11.9. The van der Waals surface area contributed by atoms with Gasteiger partial charge in [-0.15, -0.1) is 11.3 Å². The van der Waals surface area contributed by atoms with Crippen LogP contribution >= 0.6 is 11.3 Å². The number of nitrogens with one attached hydrogen (secondary N) is 1. The fourth-order valence-electron chi connectivity index (χ4n) is 1.92. The minimum Gasteiger partial charge on any atom is -0.376 e. The number of aryl methyl sites for hydroxylation is 1. The van der Waals surface area contributed by atoms with E-state index in [1.54, 1.807) is 6.08 Å². The van der Waals surface area contributed by atoms with Crippen LogP contribution in [0.15, 0.2) is 17.0 Å². The van der Waals surface area contributed by atoms with E-state index in [1.807, 2.05) is 24.4 Å². The van der Waals surface area contributed by atoms with Crippen molar-refractivity contribution < 1.29 is 9.53 Å². The fraction of sp³-hybridized carbons (Fsp3) is 0.429. The third-order valence-electron chi connectivity index (χ3n) is 3.06. The molecule has 1 fully saturated rings. The first-order valence-corrected chi connectivity index (χ1v) is 7.14. The zero-order valence-corrected chi connectivity index (χ0v) is 11.6. The summed E-state index contributed by atoms with van der Waals surface area (Å²) in [6, 6.07) is 3.93. The molecule has 1 aromatic heterocycles. The molecule has 0 aliphatic carbocycles. The van der Waals surface area contributed by atoms with Gasteiger partial charge in [-0.05, 0) is 42.9 Å². The standard InChI is InChI=1S/C14H16N2O2S/c1-10-4-6-19-13(10)7-11(8-15)14(17)16-9-12-3-2-5-18-12/h4,6-7,12H,2-3,5,9H2,1H3,(H,16,17)/b11-7-/t12-/m0/s1. The summed E-state index contributed by atoms with van der Waals surface area (Å²) in [5.74, 6) is -0.328. The molecule has 0 aromatic carbocycles. The van der Waals surface area contributed by atoms with E-state index in [0.717, 1.165) is 29.9 Å². The van der Waals surface area contributed by atoms with E-state index in [0.29, 0.717) is 6.54 Å².